The van der Waals surface area contributed by atoms with Gasteiger partial charge in [0.25, 0.3) is 0 Å². The van der Waals surface area contributed by atoms with Crippen LogP contribution >= 0.6 is 0 Å². The highest BCUT2D eigenvalue weighted by atomic mass is 19.1. The number of aliphatic hydroxyl groups is 2. The van der Waals surface area contributed by atoms with E-state index in [-0.39, 0.29) is 28.8 Å². The number of nitrogens with zero attached hydrogens (tertiary/aromatic N) is 4. The van der Waals surface area contributed by atoms with Crippen LogP contribution in [0.4, 0.5) is 15.0 Å². The molecule has 0 unspecified atom stereocenters. The van der Waals surface area contributed by atoms with E-state index >= 15 is 0 Å². The van der Waals surface area contributed by atoms with E-state index < -0.39 is 55.4 Å². The summed E-state index contributed by atoms with van der Waals surface area (Å²) in [6, 6.07) is 10.6. The Morgan fingerprint density at radius 3 is 2.61 bits per heavy atom. The van der Waals surface area contributed by atoms with Gasteiger partial charge in [0, 0.05) is 12.8 Å². The molecule has 216 valence electrons. The van der Waals surface area contributed by atoms with Crippen molar-refractivity contribution in [2.24, 2.45) is 5.92 Å². The van der Waals surface area contributed by atoms with E-state index in [4.69, 9.17) is 9.47 Å². The number of nitriles is 1. The van der Waals surface area contributed by atoms with E-state index in [1.165, 1.54) is 28.8 Å². The number of benzene rings is 1. The van der Waals surface area contributed by atoms with Crippen molar-refractivity contribution in [2.45, 2.75) is 44.2 Å². The molecule has 3 aromatic rings. The fourth-order valence-electron chi connectivity index (χ4n) is 4.29. The number of anilines is 1. The first kappa shape index (κ1) is 29.3. The number of carbonyl (C=O) groups is 3. The number of amides is 1. The number of aliphatic hydroxyl groups excluding tert-OH is 2. The number of esters is 1. The molecule has 5 atom stereocenters. The second-order valence-electron chi connectivity index (χ2n) is 9.24. The Morgan fingerprint density at radius 2 is 1.93 bits per heavy atom. The first-order chi connectivity index (χ1) is 19.6. The molecule has 14 nitrogen and oxygen atoms in total. The quantitative estimate of drug-likeness (QED) is 0.246. The van der Waals surface area contributed by atoms with E-state index in [0.29, 0.717) is 6.42 Å². The molecule has 3 N–H and O–H groups in total. The van der Waals surface area contributed by atoms with Crippen LogP contribution in [0.5, 0.6) is 0 Å². The number of rotatable bonds is 9. The Morgan fingerprint density at radius 1 is 1.20 bits per heavy atom. The van der Waals surface area contributed by atoms with E-state index in [1.54, 1.807) is 19.1 Å². The van der Waals surface area contributed by atoms with Crippen LogP contribution in [0.1, 0.15) is 25.1 Å². The summed E-state index contributed by atoms with van der Waals surface area (Å²) in [5.41, 5.74) is -1.10. The average Bonchev–Trinajstić information content (AvgIpc) is 3.49. The number of aromatic nitrogens is 3. The second kappa shape index (κ2) is 12.3. The zero-order chi connectivity index (χ0) is 29.7. The molecule has 0 aliphatic carbocycles. The molecule has 2 aromatic heterocycles. The molecule has 15 heteroatoms. The lowest BCUT2D eigenvalue weighted by Crippen LogP contribution is -2.41. The summed E-state index contributed by atoms with van der Waals surface area (Å²) >= 11 is 0. The van der Waals surface area contributed by atoms with Gasteiger partial charge in [-0.25, -0.2) is 18.7 Å². The summed E-state index contributed by atoms with van der Waals surface area (Å²) in [5.74, 6) is -1.83. The lowest BCUT2D eigenvalue weighted by Gasteiger charge is -2.24. The molecule has 1 fully saturated rings. The number of hydrogen-bond acceptors (Lipinski definition) is 12. The Bertz CT molecular complexity index is 1470. The van der Waals surface area contributed by atoms with Crippen LogP contribution in [0.15, 0.2) is 42.7 Å². The largest absolute Gasteiger partial charge is 0.511 e. The van der Waals surface area contributed by atoms with Gasteiger partial charge in [0.15, 0.2) is 5.82 Å². The highest BCUT2D eigenvalue weighted by molar-refractivity contribution is 5.95. The average molecular weight is 572 g/mol. The molecule has 0 spiro atoms. The van der Waals surface area contributed by atoms with Crippen LogP contribution in [0, 0.1) is 23.1 Å². The summed E-state index contributed by atoms with van der Waals surface area (Å²) in [5, 5.41) is 38.3. The van der Waals surface area contributed by atoms with Gasteiger partial charge in [0.2, 0.25) is 18.3 Å². The van der Waals surface area contributed by atoms with Gasteiger partial charge in [-0.1, -0.05) is 19.1 Å². The van der Waals surface area contributed by atoms with Gasteiger partial charge in [-0.15, -0.1) is 0 Å². The SMILES string of the molecule is CC(=O)OCOC(=O)OC[C@H]1O[C@@](C#N)(c2ccc3c(NC(=O)[C@@H](C)Cc4ccc(F)cc4)ncnn23)[C@H](O)[C@@H]1O. The summed E-state index contributed by atoms with van der Waals surface area (Å²) < 4.78 is 34.0. The Labute approximate surface area is 232 Å². The molecular formula is C26H26FN5O9. The minimum Gasteiger partial charge on any atom is -0.431 e. The lowest BCUT2D eigenvalue weighted by atomic mass is 9.92. The molecule has 1 saturated heterocycles. The van der Waals surface area contributed by atoms with E-state index in [2.05, 4.69) is 24.9 Å². The van der Waals surface area contributed by atoms with Crippen LogP contribution < -0.4 is 5.32 Å². The summed E-state index contributed by atoms with van der Waals surface area (Å²) in [6.07, 6.45) is -4.56. The Balaban J connectivity index is 1.49. The molecule has 41 heavy (non-hydrogen) atoms. The summed E-state index contributed by atoms with van der Waals surface area (Å²) in [7, 11) is 0. The molecule has 1 aromatic carbocycles. The zero-order valence-corrected chi connectivity index (χ0v) is 21.9. The monoisotopic (exact) mass is 571 g/mol. The van der Waals surface area contributed by atoms with Gasteiger partial charge < -0.3 is 34.5 Å². The topological polar surface area (TPSA) is 195 Å². The maximum absolute atomic E-state index is 13.2. The third-order valence-electron chi connectivity index (χ3n) is 6.41. The van der Waals surface area contributed by atoms with Crippen molar-refractivity contribution < 1.29 is 47.9 Å². The number of ether oxygens (including phenoxy) is 4. The highest BCUT2D eigenvalue weighted by Crippen LogP contribution is 2.40. The standard InChI is InChI=1S/C26H26FN5O9/c1-14(9-16-3-5-17(27)6-4-16)24(36)31-23-18-7-8-20(32(18)30-12-29-23)26(11-28)22(35)21(34)19(41-26)10-38-25(37)40-13-39-15(2)33/h3-8,12,14,19,21-22,34-35H,9-10,13H2,1-2H3,(H,29,30,31,36)/t14-,19+,21+,22+,26-/m0/s1. The van der Waals surface area contributed by atoms with Crippen LogP contribution in [-0.2, 0) is 40.6 Å². The predicted molar refractivity (Wildman–Crippen MR) is 134 cm³/mol. The fraction of sp³-hybridized carbons (Fsp3) is 0.385. The van der Waals surface area contributed by atoms with Crippen molar-refractivity contribution >= 4 is 29.4 Å². The van der Waals surface area contributed by atoms with Gasteiger partial charge in [0.05, 0.1) is 5.69 Å². The van der Waals surface area contributed by atoms with Gasteiger partial charge in [-0.05, 0) is 36.2 Å². The van der Waals surface area contributed by atoms with E-state index in [9.17, 15) is 34.2 Å². The van der Waals surface area contributed by atoms with Crippen molar-refractivity contribution in [3.63, 3.8) is 0 Å². The van der Waals surface area contributed by atoms with E-state index in [1.807, 2.05) is 6.07 Å². The molecule has 1 aliphatic heterocycles. The highest BCUT2D eigenvalue weighted by Gasteiger charge is 2.58. The van der Waals surface area contributed by atoms with Gasteiger partial charge in [-0.3, -0.25) is 9.59 Å². The smallest absolute Gasteiger partial charge is 0.431 e. The minimum absolute atomic E-state index is 0.0127. The zero-order valence-electron chi connectivity index (χ0n) is 21.9. The first-order valence-electron chi connectivity index (χ1n) is 12.3. The van der Waals surface area contributed by atoms with Crippen molar-refractivity contribution in [3.05, 3.63) is 59.8 Å². The van der Waals surface area contributed by atoms with Crippen molar-refractivity contribution in [3.8, 4) is 6.07 Å². The number of fused-ring (bicyclic) bond motifs is 1. The molecule has 0 saturated carbocycles. The van der Waals surface area contributed by atoms with Crippen molar-refractivity contribution in [1.29, 1.82) is 5.26 Å². The van der Waals surface area contributed by atoms with Crippen LogP contribution in [-0.4, -0.2) is 74.6 Å². The molecule has 1 amide bonds. The molecule has 0 bridgehead atoms. The summed E-state index contributed by atoms with van der Waals surface area (Å²) in [4.78, 5) is 39.5. The van der Waals surface area contributed by atoms with Gasteiger partial charge in [0.1, 0.15) is 48.6 Å². The molecule has 0 radical (unpaired) electrons. The summed E-state index contributed by atoms with van der Waals surface area (Å²) in [6.45, 7) is 1.52. The number of carbonyl (C=O) groups excluding carboxylic acids is 3. The Hall–Kier alpha value is -4.65. The van der Waals surface area contributed by atoms with Gasteiger partial charge in [-0.2, -0.15) is 10.4 Å². The Kier molecular flexibility index (Phi) is 8.77. The van der Waals surface area contributed by atoms with Crippen molar-refractivity contribution in [1.82, 2.24) is 14.6 Å². The normalized spacial score (nSPS) is 22.5. The van der Waals surface area contributed by atoms with Crippen molar-refractivity contribution in [2.75, 3.05) is 18.7 Å². The molecular weight excluding hydrogens is 545 g/mol. The maximum Gasteiger partial charge on any atom is 0.511 e. The minimum atomic E-state index is -2.15. The molecule has 4 rings (SSSR count). The second-order valence-corrected chi connectivity index (χ2v) is 9.24. The molecule has 3 heterocycles. The molecule has 1 aliphatic rings. The number of halogens is 1. The van der Waals surface area contributed by atoms with Crippen LogP contribution in [0.2, 0.25) is 0 Å². The van der Waals surface area contributed by atoms with Crippen LogP contribution in [0.3, 0.4) is 0 Å². The first-order valence-corrected chi connectivity index (χ1v) is 12.3. The van der Waals surface area contributed by atoms with E-state index in [0.717, 1.165) is 18.8 Å². The number of nitrogens with one attached hydrogen (secondary N) is 1. The third-order valence-corrected chi connectivity index (χ3v) is 6.41. The predicted octanol–water partition coefficient (Wildman–Crippen LogP) is 1.20. The fourth-order valence-corrected chi connectivity index (χ4v) is 4.29. The van der Waals surface area contributed by atoms with Gasteiger partial charge >= 0.3 is 12.1 Å². The van der Waals surface area contributed by atoms with Crippen LogP contribution in [0.25, 0.3) is 5.52 Å². The lowest BCUT2D eigenvalue weighted by molar-refractivity contribution is -0.151. The third kappa shape index (κ3) is 6.24. The maximum atomic E-state index is 13.2. The number of hydrogen-bond donors (Lipinski definition) is 3.